The Hall–Kier alpha value is -2.23. The molecule has 0 radical (unpaired) electrons. The van der Waals surface area contributed by atoms with Crippen LogP contribution in [0.15, 0.2) is 96.0 Å². The number of benzene rings is 3. The number of fused-ring (bicyclic) bond motifs is 1. The van der Waals surface area contributed by atoms with Crippen LogP contribution in [-0.2, 0) is 14.3 Å². The number of hydrogen-bond donors (Lipinski definition) is 0. The van der Waals surface area contributed by atoms with Crippen molar-refractivity contribution in [3.63, 3.8) is 0 Å². The quantitative estimate of drug-likeness (QED) is 0.230. The molecule has 1 fully saturated rings. The van der Waals surface area contributed by atoms with Gasteiger partial charge in [0.1, 0.15) is 0 Å². The summed E-state index contributed by atoms with van der Waals surface area (Å²) in [4.78, 5) is 32.3. The number of hydrogen-bond acceptors (Lipinski definition) is 6. The van der Waals surface area contributed by atoms with Crippen molar-refractivity contribution in [2.75, 3.05) is 7.11 Å². The van der Waals surface area contributed by atoms with E-state index in [1.807, 2.05) is 22.8 Å². The maximum atomic E-state index is 13.1. The molecule has 1 saturated heterocycles. The molecular weight excluding hydrogens is 595 g/mol. The molecule has 0 bridgehead atoms. The second-order valence-electron chi connectivity index (χ2n) is 9.19. The van der Waals surface area contributed by atoms with Crippen molar-refractivity contribution in [3.8, 4) is 0 Å². The van der Waals surface area contributed by atoms with E-state index in [4.69, 9.17) is 9.73 Å². The van der Waals surface area contributed by atoms with Gasteiger partial charge in [-0.1, -0.05) is 0 Å². The van der Waals surface area contributed by atoms with Gasteiger partial charge in [0.2, 0.25) is 0 Å². The van der Waals surface area contributed by atoms with Crippen molar-refractivity contribution in [1.29, 1.82) is 0 Å². The van der Waals surface area contributed by atoms with E-state index in [1.54, 1.807) is 16.7 Å². The van der Waals surface area contributed by atoms with Gasteiger partial charge in [-0.25, -0.2) is 0 Å². The van der Waals surface area contributed by atoms with Crippen LogP contribution in [0.1, 0.15) is 13.8 Å². The van der Waals surface area contributed by atoms with Crippen molar-refractivity contribution in [3.05, 3.63) is 91.0 Å². The number of rotatable bonds is 7. The summed E-state index contributed by atoms with van der Waals surface area (Å²) in [5.41, 5.74) is 0. The fourth-order valence-corrected chi connectivity index (χ4v) is 28.0. The Bertz CT molecular complexity index is 1180. The molecule has 184 valence electrons. The summed E-state index contributed by atoms with van der Waals surface area (Å²) < 4.78 is 9.99. The minimum atomic E-state index is -3.64. The first kappa shape index (κ1) is 25.4. The van der Waals surface area contributed by atoms with Gasteiger partial charge in [-0.3, -0.25) is 0 Å². The Labute approximate surface area is 223 Å². The first-order chi connectivity index (χ1) is 17.5. The Morgan fingerprint density at radius 2 is 1.39 bits per heavy atom. The number of nitrogens with zero attached hydrogens (tertiary/aromatic N) is 2. The summed E-state index contributed by atoms with van der Waals surface area (Å²) in [7, 11) is 3.25. The molecule has 8 heteroatoms. The topological polar surface area (TPSA) is 59.0 Å². The van der Waals surface area contributed by atoms with E-state index in [0.29, 0.717) is 0 Å². The van der Waals surface area contributed by atoms with E-state index >= 15 is 0 Å². The molecule has 0 aromatic heterocycles. The number of likely N-dealkylation sites (tertiary alicyclic amines) is 1. The second kappa shape index (κ2) is 10.6. The Morgan fingerprint density at radius 1 is 0.917 bits per heavy atom. The van der Waals surface area contributed by atoms with Crippen molar-refractivity contribution in [2.24, 2.45) is 10.9 Å². The molecule has 0 spiro atoms. The van der Waals surface area contributed by atoms with Crippen LogP contribution < -0.4 is 10.7 Å². The van der Waals surface area contributed by atoms with Gasteiger partial charge in [-0.15, -0.1) is 0 Å². The molecule has 3 aromatic rings. The number of amides is 1. The fourth-order valence-electron chi connectivity index (χ4n) is 4.96. The minimum absolute atomic E-state index is 0.0455. The molecule has 0 N–H and O–H groups in total. The standard InChI is InChI=1S/C10H14N2O3S2.3C6H5.Sn/c1-4(2)6(9(14)15-3)12-7(13)5-8(12)17-10(16)11-5;3*1-2-4-6-5-3-1;/h4-6,8H,1-3H3,(H,11,16);3*1-5H;/q;;;;+1/p-1/t5-,6-,8-;;;;/m1..../s1. The molecular formula is C28H28N2O3S2Sn. The van der Waals surface area contributed by atoms with Gasteiger partial charge in [0.25, 0.3) is 0 Å². The van der Waals surface area contributed by atoms with Crippen LogP contribution in [0.2, 0.25) is 0 Å². The summed E-state index contributed by atoms with van der Waals surface area (Å²) >= 11 is -2.02. The van der Waals surface area contributed by atoms with E-state index in [9.17, 15) is 9.59 Å². The van der Waals surface area contributed by atoms with Crippen LogP contribution in [0.3, 0.4) is 0 Å². The van der Waals surface area contributed by atoms with Gasteiger partial charge < -0.3 is 0 Å². The predicted molar refractivity (Wildman–Crippen MR) is 152 cm³/mol. The van der Waals surface area contributed by atoms with Crippen molar-refractivity contribution in [1.82, 2.24) is 4.90 Å². The third-order valence-electron chi connectivity index (χ3n) is 6.67. The van der Waals surface area contributed by atoms with Gasteiger partial charge in [-0.05, 0) is 0 Å². The van der Waals surface area contributed by atoms with Crippen LogP contribution in [0.25, 0.3) is 0 Å². The molecule has 36 heavy (non-hydrogen) atoms. The van der Waals surface area contributed by atoms with Crippen LogP contribution >= 0.6 is 20.7 Å². The summed E-state index contributed by atoms with van der Waals surface area (Å²) in [6, 6.07) is 31.2. The summed E-state index contributed by atoms with van der Waals surface area (Å²) in [5.74, 6) is -0.507. The average Bonchev–Trinajstić information content (AvgIpc) is 3.29. The van der Waals surface area contributed by atoms with E-state index in [2.05, 4.69) is 91.0 Å². The Balaban J connectivity index is 1.55. The number of ether oxygens (including phenoxy) is 1. The number of thioether (sulfide) groups is 1. The van der Waals surface area contributed by atoms with E-state index < -0.39 is 29.1 Å². The van der Waals surface area contributed by atoms with E-state index in [0.717, 1.165) is 4.38 Å². The number of methoxy groups -OCH3 is 1. The summed E-state index contributed by atoms with van der Waals surface area (Å²) in [6.45, 7) is 3.89. The van der Waals surface area contributed by atoms with Crippen LogP contribution in [-0.4, -0.2) is 62.7 Å². The number of aliphatic imine (C=N–C) groups is 1. The SMILES string of the molecule is COC(=O)[C@@H](C(C)C)N1C(=O)[C@H]2N=C([S][Sn]([c]3ccccc3)([c]3ccccc3)[c]3ccccc3)S[C@H]21. The molecule has 0 saturated carbocycles. The third kappa shape index (κ3) is 4.39. The van der Waals surface area contributed by atoms with Crippen LogP contribution in [0, 0.1) is 5.92 Å². The molecule has 2 aliphatic heterocycles. The van der Waals surface area contributed by atoms with Crippen LogP contribution in [0.4, 0.5) is 0 Å². The third-order valence-corrected chi connectivity index (χ3v) is 28.9. The summed E-state index contributed by atoms with van der Waals surface area (Å²) in [5, 5.41) is -0.169. The maximum absolute atomic E-state index is 13.1. The molecule has 3 atom stereocenters. The van der Waals surface area contributed by atoms with Crippen molar-refractivity contribution in [2.45, 2.75) is 31.3 Å². The molecule has 2 heterocycles. The molecule has 0 aliphatic carbocycles. The molecule has 5 rings (SSSR count). The zero-order valence-corrected chi connectivity index (χ0v) is 24.9. The van der Waals surface area contributed by atoms with Gasteiger partial charge in [-0.2, -0.15) is 0 Å². The molecule has 3 aromatic carbocycles. The average molecular weight is 623 g/mol. The zero-order valence-electron chi connectivity index (χ0n) is 20.4. The molecule has 5 nitrogen and oxygen atoms in total. The monoisotopic (exact) mass is 624 g/mol. The van der Waals surface area contributed by atoms with Gasteiger partial charge >= 0.3 is 224 Å². The number of β-lactam (4-membered cyclic amide) rings is 1. The molecule has 0 unspecified atom stereocenters. The first-order valence-corrected chi connectivity index (χ1v) is 21.4. The number of esters is 1. The Kier molecular flexibility index (Phi) is 7.51. The molecule has 2 aliphatic rings. The van der Waals surface area contributed by atoms with Gasteiger partial charge in [0, 0.05) is 0 Å². The van der Waals surface area contributed by atoms with Crippen molar-refractivity contribution >= 4 is 64.7 Å². The predicted octanol–water partition coefficient (Wildman–Crippen LogP) is 3.22. The first-order valence-electron chi connectivity index (χ1n) is 12.0. The Morgan fingerprint density at radius 3 is 1.81 bits per heavy atom. The van der Waals surface area contributed by atoms with Crippen molar-refractivity contribution < 1.29 is 14.3 Å². The van der Waals surface area contributed by atoms with Gasteiger partial charge in [0.15, 0.2) is 0 Å². The zero-order chi connectivity index (χ0) is 25.3. The number of carbonyl (C=O) groups is 2. The normalized spacial score (nSPS) is 19.9. The second-order valence-corrected chi connectivity index (χ2v) is 25.8. The van der Waals surface area contributed by atoms with E-state index in [1.165, 1.54) is 17.8 Å². The van der Waals surface area contributed by atoms with E-state index in [-0.39, 0.29) is 23.2 Å². The number of carbonyl (C=O) groups excluding carboxylic acids is 2. The molecule has 1 amide bonds. The summed E-state index contributed by atoms with van der Waals surface area (Å²) in [6.07, 6.45) is 0. The fraction of sp³-hybridized carbons (Fsp3) is 0.250. The van der Waals surface area contributed by atoms with Gasteiger partial charge in [0.05, 0.1) is 0 Å². The van der Waals surface area contributed by atoms with Crippen LogP contribution in [0.5, 0.6) is 0 Å².